The highest BCUT2D eigenvalue weighted by molar-refractivity contribution is 5.94. The van der Waals surface area contributed by atoms with Gasteiger partial charge in [-0.2, -0.15) is 0 Å². The number of carboxylic acids is 2. The minimum Gasteiger partial charge on any atom is -0.508 e. The molecule has 3 aromatic rings. The van der Waals surface area contributed by atoms with Crippen molar-refractivity contribution < 1.29 is 30.0 Å². The molecule has 0 bridgehead atoms. The van der Waals surface area contributed by atoms with Crippen LogP contribution >= 0.6 is 0 Å². The van der Waals surface area contributed by atoms with E-state index in [9.17, 15) is 14.7 Å². The Morgan fingerprint density at radius 3 is 1.92 bits per heavy atom. The average molecular weight is 326 g/mol. The van der Waals surface area contributed by atoms with Gasteiger partial charge in [0, 0.05) is 0 Å². The molecule has 0 spiro atoms. The van der Waals surface area contributed by atoms with E-state index in [0.717, 1.165) is 10.8 Å². The molecule has 0 heterocycles. The van der Waals surface area contributed by atoms with Crippen LogP contribution in [0.1, 0.15) is 20.7 Å². The molecule has 4 N–H and O–H groups in total. The standard InChI is InChI=1S/C11H8O3.C7H6O3/c12-10-4-3-7-5-9(11(13)14)2-1-8(7)6-10;8-6-4-2-1-3-5(6)7(9)10/h1-6,12H,(H,13,14);1-4,8H,(H,9,10). The van der Waals surface area contributed by atoms with Crippen molar-refractivity contribution in [1.29, 1.82) is 0 Å². The number of aromatic hydroxyl groups is 2. The van der Waals surface area contributed by atoms with Crippen LogP contribution in [0.3, 0.4) is 0 Å². The zero-order valence-electron chi connectivity index (χ0n) is 12.4. The fraction of sp³-hybridized carbons (Fsp3) is 0. The fourth-order valence-corrected chi connectivity index (χ4v) is 2.02. The Kier molecular flexibility index (Phi) is 5.01. The van der Waals surface area contributed by atoms with Crippen molar-refractivity contribution in [1.82, 2.24) is 0 Å². The van der Waals surface area contributed by atoms with E-state index in [1.807, 2.05) is 0 Å². The summed E-state index contributed by atoms with van der Waals surface area (Å²) in [6.07, 6.45) is 0. The lowest BCUT2D eigenvalue weighted by molar-refractivity contribution is 0.0684. The Balaban J connectivity index is 0.000000185. The van der Waals surface area contributed by atoms with Gasteiger partial charge in [0.25, 0.3) is 0 Å². The van der Waals surface area contributed by atoms with E-state index in [4.69, 9.17) is 15.3 Å². The van der Waals surface area contributed by atoms with Gasteiger partial charge in [0.05, 0.1) is 5.56 Å². The van der Waals surface area contributed by atoms with E-state index >= 15 is 0 Å². The molecule has 0 aromatic heterocycles. The molecular weight excluding hydrogens is 312 g/mol. The number of phenolic OH excluding ortho intramolecular Hbond substituents is 1. The van der Waals surface area contributed by atoms with Crippen LogP contribution in [0.25, 0.3) is 10.8 Å². The summed E-state index contributed by atoms with van der Waals surface area (Å²) in [5, 5.41) is 36.9. The Morgan fingerprint density at radius 2 is 1.33 bits per heavy atom. The van der Waals surface area contributed by atoms with Gasteiger partial charge in [-0.1, -0.05) is 24.3 Å². The first-order valence-electron chi connectivity index (χ1n) is 6.86. The molecule has 6 nitrogen and oxygen atoms in total. The number of carbonyl (C=O) groups is 2. The first-order valence-corrected chi connectivity index (χ1v) is 6.86. The van der Waals surface area contributed by atoms with Crippen LogP contribution in [0.2, 0.25) is 0 Å². The number of benzene rings is 3. The van der Waals surface area contributed by atoms with Crippen molar-refractivity contribution in [3.05, 3.63) is 71.8 Å². The first kappa shape index (κ1) is 16.8. The second kappa shape index (κ2) is 7.15. The van der Waals surface area contributed by atoms with Gasteiger partial charge in [-0.05, 0) is 47.2 Å². The highest BCUT2D eigenvalue weighted by Crippen LogP contribution is 2.21. The van der Waals surface area contributed by atoms with E-state index in [0.29, 0.717) is 0 Å². The Hall–Kier alpha value is -3.54. The molecule has 24 heavy (non-hydrogen) atoms. The molecular formula is C18H14O6. The fourth-order valence-electron chi connectivity index (χ4n) is 2.02. The average Bonchev–Trinajstić information content (AvgIpc) is 2.55. The highest BCUT2D eigenvalue weighted by Gasteiger charge is 2.05. The van der Waals surface area contributed by atoms with Gasteiger partial charge < -0.3 is 20.4 Å². The van der Waals surface area contributed by atoms with E-state index < -0.39 is 11.9 Å². The maximum absolute atomic E-state index is 10.7. The van der Waals surface area contributed by atoms with E-state index in [1.54, 1.807) is 36.4 Å². The zero-order chi connectivity index (χ0) is 17.7. The molecule has 0 aliphatic carbocycles. The quantitative estimate of drug-likeness (QED) is 0.574. The summed E-state index contributed by atoms with van der Waals surface area (Å²) in [5.41, 5.74) is 0.186. The third kappa shape index (κ3) is 4.01. The molecule has 0 fully saturated rings. The molecule has 122 valence electrons. The Labute approximate surface area is 136 Å². The highest BCUT2D eigenvalue weighted by atomic mass is 16.4. The molecule has 0 unspecified atom stereocenters. The number of aromatic carboxylic acids is 2. The van der Waals surface area contributed by atoms with Gasteiger partial charge in [-0.3, -0.25) is 0 Å². The third-order valence-corrected chi connectivity index (χ3v) is 3.21. The van der Waals surface area contributed by atoms with Gasteiger partial charge in [0.2, 0.25) is 0 Å². The van der Waals surface area contributed by atoms with Crippen LogP contribution in [0.4, 0.5) is 0 Å². The molecule has 0 saturated heterocycles. The van der Waals surface area contributed by atoms with Crippen LogP contribution in [0.5, 0.6) is 11.5 Å². The van der Waals surface area contributed by atoms with Crippen LogP contribution in [-0.4, -0.2) is 32.4 Å². The van der Waals surface area contributed by atoms with Gasteiger partial charge >= 0.3 is 11.9 Å². The largest absolute Gasteiger partial charge is 0.508 e. The maximum Gasteiger partial charge on any atom is 0.339 e. The third-order valence-electron chi connectivity index (χ3n) is 3.21. The Bertz CT molecular complexity index is 901. The smallest absolute Gasteiger partial charge is 0.339 e. The van der Waals surface area contributed by atoms with Crippen molar-refractivity contribution in [3.8, 4) is 11.5 Å². The summed E-state index contributed by atoms with van der Waals surface area (Å²) in [4.78, 5) is 20.9. The molecule has 6 heteroatoms. The second-order valence-corrected chi connectivity index (χ2v) is 4.87. The van der Waals surface area contributed by atoms with E-state index in [-0.39, 0.29) is 22.6 Å². The number of carboxylic acid groups (broad SMARTS) is 2. The number of rotatable bonds is 2. The van der Waals surface area contributed by atoms with Gasteiger partial charge in [-0.25, -0.2) is 9.59 Å². The number of hydrogen-bond acceptors (Lipinski definition) is 4. The monoisotopic (exact) mass is 326 g/mol. The number of phenols is 2. The van der Waals surface area contributed by atoms with Crippen molar-refractivity contribution in [2.24, 2.45) is 0 Å². The van der Waals surface area contributed by atoms with Gasteiger partial charge in [0.15, 0.2) is 0 Å². The summed E-state index contributed by atoms with van der Waals surface area (Å²) < 4.78 is 0. The normalized spacial score (nSPS) is 9.83. The molecule has 0 saturated carbocycles. The van der Waals surface area contributed by atoms with E-state index in [2.05, 4.69) is 0 Å². The van der Waals surface area contributed by atoms with Gasteiger partial charge in [-0.15, -0.1) is 0 Å². The minimum absolute atomic E-state index is 0.0671. The first-order chi connectivity index (χ1) is 11.4. The summed E-state index contributed by atoms with van der Waals surface area (Å²) in [7, 11) is 0. The van der Waals surface area contributed by atoms with Crippen LogP contribution in [-0.2, 0) is 0 Å². The lowest BCUT2D eigenvalue weighted by Gasteiger charge is -2.00. The van der Waals surface area contributed by atoms with Gasteiger partial charge in [0.1, 0.15) is 17.1 Å². The van der Waals surface area contributed by atoms with Crippen LogP contribution < -0.4 is 0 Å². The summed E-state index contributed by atoms with van der Waals surface area (Å²) >= 11 is 0. The molecule has 3 aromatic carbocycles. The lowest BCUT2D eigenvalue weighted by atomic mass is 10.1. The molecule has 0 atom stereocenters. The zero-order valence-corrected chi connectivity index (χ0v) is 12.4. The number of hydrogen-bond donors (Lipinski definition) is 4. The van der Waals surface area contributed by atoms with Crippen molar-refractivity contribution in [2.75, 3.05) is 0 Å². The minimum atomic E-state index is -1.11. The van der Waals surface area contributed by atoms with Crippen LogP contribution in [0, 0.1) is 0 Å². The molecule has 0 radical (unpaired) electrons. The molecule has 0 amide bonds. The summed E-state index contributed by atoms with van der Waals surface area (Å²) in [6.45, 7) is 0. The van der Waals surface area contributed by atoms with Crippen LogP contribution in [0.15, 0.2) is 60.7 Å². The van der Waals surface area contributed by atoms with Crippen molar-refractivity contribution >= 4 is 22.7 Å². The number of fused-ring (bicyclic) bond motifs is 1. The molecule has 0 aliphatic heterocycles. The van der Waals surface area contributed by atoms with Crippen molar-refractivity contribution in [3.63, 3.8) is 0 Å². The SMILES string of the molecule is O=C(O)c1ccc2cc(O)ccc2c1.O=C(O)c1ccccc1O. The van der Waals surface area contributed by atoms with Crippen molar-refractivity contribution in [2.45, 2.75) is 0 Å². The predicted molar refractivity (Wildman–Crippen MR) is 87.6 cm³/mol. The topological polar surface area (TPSA) is 115 Å². The maximum atomic E-state index is 10.7. The second-order valence-electron chi connectivity index (χ2n) is 4.87. The number of para-hydroxylation sites is 1. The Morgan fingerprint density at radius 1 is 0.708 bits per heavy atom. The molecule has 3 rings (SSSR count). The molecule has 0 aliphatic rings. The summed E-state index contributed by atoms with van der Waals surface area (Å²) in [6, 6.07) is 15.4. The predicted octanol–water partition coefficient (Wildman–Crippen LogP) is 3.33. The van der Waals surface area contributed by atoms with E-state index in [1.165, 1.54) is 24.3 Å². The summed E-state index contributed by atoms with van der Waals surface area (Å²) in [5.74, 6) is -2.08. The lowest BCUT2D eigenvalue weighted by Crippen LogP contribution is -1.95.